The van der Waals surface area contributed by atoms with Gasteiger partial charge in [-0.05, 0) is 108 Å². The van der Waals surface area contributed by atoms with Crippen LogP contribution in [-0.2, 0) is 53.3 Å². The van der Waals surface area contributed by atoms with Crippen molar-refractivity contribution in [2.24, 2.45) is 0 Å². The first-order chi connectivity index (χ1) is 36.9. The second kappa shape index (κ2) is 23.7. The molecule has 3 unspecified atom stereocenters. The predicted molar refractivity (Wildman–Crippen MR) is 311 cm³/mol. The lowest BCUT2D eigenvalue weighted by Gasteiger charge is -2.34. The molecule has 78 heavy (non-hydrogen) atoms. The van der Waals surface area contributed by atoms with Gasteiger partial charge in [0.15, 0.2) is 17.3 Å². The quantitative estimate of drug-likeness (QED) is 0.125. The van der Waals surface area contributed by atoms with Crippen molar-refractivity contribution in [2.45, 2.75) is 113 Å². The molecule has 7 aromatic rings. The fraction of sp³-hybridized carbons (Fsp3) is 0.273. The highest BCUT2D eigenvalue weighted by molar-refractivity contribution is 7.89. The summed E-state index contributed by atoms with van der Waals surface area (Å²) in [6.07, 6.45) is 8.37. The maximum Gasteiger partial charge on any atom is 0.243 e. The third-order valence-corrected chi connectivity index (χ3v) is 18.6. The minimum Gasteiger partial charge on any atom is -0.332 e. The number of fused-ring (bicyclic) bond motifs is 6. The van der Waals surface area contributed by atoms with Gasteiger partial charge in [-0.2, -0.15) is 4.31 Å². The Hall–Kier alpha value is -6.79. The number of ketones is 3. The number of carbonyl (C=O) groups is 4. The average molecular weight is 1100 g/mol. The van der Waals surface area contributed by atoms with E-state index in [4.69, 9.17) is 0 Å². The van der Waals surface area contributed by atoms with Crippen molar-refractivity contribution < 1.29 is 27.6 Å². The number of carbonyl (C=O) groups excluding carboxylic acids is 4. The first-order valence-corrected chi connectivity index (χ1v) is 28.1. The number of Topliss-reactive ketones (excluding diaryl/α,β-unsaturated/α-hetero) is 3. The first-order valence-electron chi connectivity index (χ1n) is 26.7. The second-order valence-corrected chi connectivity index (χ2v) is 23.1. The zero-order valence-electron chi connectivity index (χ0n) is 44.0. The van der Waals surface area contributed by atoms with E-state index in [-0.39, 0.29) is 83.6 Å². The van der Waals surface area contributed by atoms with Crippen LogP contribution in [0.2, 0.25) is 0 Å². The molecule has 0 saturated heterocycles. The Kier molecular flexibility index (Phi) is 17.0. The molecular weight excluding hydrogens is 1030 g/mol. The van der Waals surface area contributed by atoms with Crippen molar-refractivity contribution >= 4 is 58.1 Å². The maximum atomic E-state index is 13.9. The van der Waals surface area contributed by atoms with Crippen molar-refractivity contribution in [2.75, 3.05) is 6.54 Å². The van der Waals surface area contributed by atoms with Crippen LogP contribution in [0.3, 0.4) is 0 Å². The molecule has 13 rings (SSSR count). The summed E-state index contributed by atoms with van der Waals surface area (Å²) in [7, 11) is -3.79. The van der Waals surface area contributed by atoms with E-state index in [2.05, 4.69) is 66.1 Å². The normalized spacial score (nSPS) is 18.8. The SMILES string of the molecule is C=CCN(C1Cc2ccccc2C1)C1CC(=O)c2ccccc21.CC(=O)N(C1Cc2ccccc2C1)C1CC(=O)c2ccccc21.Cc1ccc(S(=O)(=O)N(C2Cc3ccccc3C2)C2CC(=O)c3ccccc32)cc1.Cl.Cl. The van der Waals surface area contributed by atoms with E-state index < -0.39 is 16.1 Å². The van der Waals surface area contributed by atoms with Crippen LogP contribution in [0.15, 0.2) is 187 Å². The van der Waals surface area contributed by atoms with Crippen LogP contribution in [-0.4, -0.2) is 70.5 Å². The standard InChI is InChI=1S/C25H23NO3S.C21H21NO.C20H19NO2.2ClH/c1-17-10-12-21(13-11-17)30(28,29)26(20-14-18-6-2-3-7-19(18)15-20)24-16-25(27)23-9-5-4-8-22(23)24;1-2-11-22(17-12-15-7-3-4-8-16(15)13-17)20-14-21(23)19-10-6-5-9-18(19)20;1-13(22)21(16-10-14-6-2-3-7-15(14)11-16)19-12-20(23)18-9-5-4-8-17(18)19;;/h2-13,20,24H,14-16H2,1H3;2-10,17,20H,1,11-14H2;2-9,16,19H,10-12H2,1H3;2*1H. The summed E-state index contributed by atoms with van der Waals surface area (Å²) in [5, 5.41) is 0. The van der Waals surface area contributed by atoms with Crippen molar-refractivity contribution in [3.8, 4) is 0 Å². The molecule has 0 aliphatic heterocycles. The maximum absolute atomic E-state index is 13.9. The topological polar surface area (TPSA) is 112 Å². The van der Waals surface area contributed by atoms with Crippen LogP contribution in [0.5, 0.6) is 0 Å². The Balaban J connectivity index is 0.000000142. The predicted octanol–water partition coefficient (Wildman–Crippen LogP) is 12.6. The van der Waals surface area contributed by atoms with E-state index >= 15 is 0 Å². The van der Waals surface area contributed by atoms with Gasteiger partial charge < -0.3 is 4.90 Å². The van der Waals surface area contributed by atoms with Crippen LogP contribution in [0.25, 0.3) is 0 Å². The minimum atomic E-state index is -3.79. The summed E-state index contributed by atoms with van der Waals surface area (Å²) in [6, 6.07) is 55.4. The zero-order chi connectivity index (χ0) is 52.7. The van der Waals surface area contributed by atoms with Gasteiger partial charge in [0.05, 0.1) is 17.0 Å². The number of hydrogen-bond acceptors (Lipinski definition) is 7. The molecule has 0 bridgehead atoms. The summed E-state index contributed by atoms with van der Waals surface area (Å²) < 4.78 is 29.4. The van der Waals surface area contributed by atoms with Crippen molar-refractivity contribution in [1.82, 2.24) is 14.1 Å². The van der Waals surface area contributed by atoms with Gasteiger partial charge in [0.25, 0.3) is 0 Å². The van der Waals surface area contributed by atoms with E-state index in [9.17, 15) is 27.6 Å². The Morgan fingerprint density at radius 1 is 0.474 bits per heavy atom. The van der Waals surface area contributed by atoms with Gasteiger partial charge in [0.2, 0.25) is 15.9 Å². The van der Waals surface area contributed by atoms with Gasteiger partial charge >= 0.3 is 0 Å². The van der Waals surface area contributed by atoms with E-state index in [1.807, 2.05) is 115 Å². The molecule has 12 heteroatoms. The number of amides is 1. The molecule has 3 atom stereocenters. The van der Waals surface area contributed by atoms with Gasteiger partial charge in [-0.1, -0.05) is 169 Å². The Bertz CT molecular complexity index is 3450. The van der Waals surface area contributed by atoms with E-state index in [0.29, 0.717) is 37.3 Å². The molecule has 0 N–H and O–H groups in total. The monoisotopic (exact) mass is 1100 g/mol. The molecule has 0 spiro atoms. The van der Waals surface area contributed by atoms with Gasteiger partial charge in [-0.3, -0.25) is 24.1 Å². The van der Waals surface area contributed by atoms with Crippen LogP contribution < -0.4 is 0 Å². The fourth-order valence-corrected chi connectivity index (χ4v) is 14.9. The second-order valence-electron chi connectivity index (χ2n) is 21.2. The molecular formula is C66H65Cl2N3O6S. The lowest BCUT2D eigenvalue weighted by atomic mass is 10.0. The Labute approximate surface area is 471 Å². The summed E-state index contributed by atoms with van der Waals surface area (Å²) in [5.74, 6) is 0.482. The van der Waals surface area contributed by atoms with Crippen LogP contribution >= 0.6 is 24.8 Å². The van der Waals surface area contributed by atoms with Gasteiger partial charge in [-0.15, -0.1) is 31.4 Å². The van der Waals surface area contributed by atoms with E-state index in [1.54, 1.807) is 29.4 Å². The third-order valence-electron chi connectivity index (χ3n) is 16.7. The molecule has 1 amide bonds. The number of nitrogens with zero attached hydrogens (tertiary/aromatic N) is 3. The molecule has 0 fully saturated rings. The molecule has 9 nitrogen and oxygen atoms in total. The van der Waals surface area contributed by atoms with E-state index in [1.165, 1.54) is 38.9 Å². The van der Waals surface area contributed by atoms with Crippen LogP contribution in [0, 0.1) is 6.92 Å². The number of aryl methyl sites for hydroxylation is 1. The van der Waals surface area contributed by atoms with Crippen LogP contribution in [0.4, 0.5) is 0 Å². The number of sulfonamides is 1. The van der Waals surface area contributed by atoms with E-state index in [0.717, 1.165) is 60.0 Å². The molecule has 0 aromatic heterocycles. The van der Waals surface area contributed by atoms with Gasteiger partial charge in [-0.25, -0.2) is 8.42 Å². The summed E-state index contributed by atoms with van der Waals surface area (Å²) in [5.41, 5.74) is 14.2. The van der Waals surface area contributed by atoms with Crippen molar-refractivity contribution in [3.63, 3.8) is 0 Å². The average Bonchev–Trinajstić information content (AvgIpc) is 4.40. The zero-order valence-corrected chi connectivity index (χ0v) is 46.5. The Morgan fingerprint density at radius 3 is 1.24 bits per heavy atom. The first kappa shape index (κ1) is 55.9. The summed E-state index contributed by atoms with van der Waals surface area (Å²) in [6.45, 7) is 8.32. The highest BCUT2D eigenvalue weighted by atomic mass is 35.5. The highest BCUT2D eigenvalue weighted by Crippen LogP contribution is 2.44. The lowest BCUT2D eigenvalue weighted by Crippen LogP contribution is -2.43. The summed E-state index contributed by atoms with van der Waals surface area (Å²) >= 11 is 0. The molecule has 6 aliphatic carbocycles. The number of benzene rings is 7. The fourth-order valence-electron chi connectivity index (χ4n) is 13.2. The number of rotatable bonds is 10. The van der Waals surface area contributed by atoms with Gasteiger partial charge in [0.1, 0.15) is 0 Å². The minimum absolute atomic E-state index is 0. The van der Waals surface area contributed by atoms with Crippen molar-refractivity contribution in [3.05, 3.63) is 255 Å². The lowest BCUT2D eigenvalue weighted by molar-refractivity contribution is -0.133. The molecule has 7 aromatic carbocycles. The van der Waals surface area contributed by atoms with Gasteiger partial charge in [0, 0.05) is 73.6 Å². The molecule has 6 aliphatic rings. The van der Waals surface area contributed by atoms with Crippen molar-refractivity contribution in [1.29, 1.82) is 0 Å². The summed E-state index contributed by atoms with van der Waals surface area (Å²) in [4.78, 5) is 54.5. The smallest absolute Gasteiger partial charge is 0.243 e. The molecule has 0 saturated carbocycles. The molecule has 0 heterocycles. The largest absolute Gasteiger partial charge is 0.332 e. The number of hydrogen-bond donors (Lipinski definition) is 0. The van der Waals surface area contributed by atoms with Crippen LogP contribution in [0.1, 0.15) is 131 Å². The number of halogens is 2. The molecule has 0 radical (unpaired) electrons. The Morgan fingerprint density at radius 2 is 0.821 bits per heavy atom. The third kappa shape index (κ3) is 10.9. The highest BCUT2D eigenvalue weighted by Gasteiger charge is 2.45. The molecule has 400 valence electrons.